The minimum atomic E-state index is 0.610. The number of imidazole rings is 1. The highest BCUT2D eigenvalue weighted by molar-refractivity contribution is 5.60. The number of hydrogen-bond donors (Lipinski definition) is 2. The molecule has 5 nitrogen and oxygen atoms in total. The highest BCUT2D eigenvalue weighted by atomic mass is 15.2. The first-order valence-electron chi connectivity index (χ1n) is 4.95. The molecule has 2 aromatic heterocycles. The monoisotopic (exact) mass is 205 g/mol. The van der Waals surface area contributed by atoms with Crippen molar-refractivity contribution >= 4 is 0 Å². The first-order valence-corrected chi connectivity index (χ1v) is 4.95. The fourth-order valence-electron chi connectivity index (χ4n) is 1.63. The molecule has 2 aromatic rings. The van der Waals surface area contributed by atoms with Gasteiger partial charge < -0.3 is 10.7 Å². The van der Waals surface area contributed by atoms with E-state index in [-0.39, 0.29) is 0 Å². The average Bonchev–Trinajstić information content (AvgIpc) is 2.73. The molecule has 0 saturated heterocycles. The molecule has 0 aliphatic rings. The van der Waals surface area contributed by atoms with Crippen molar-refractivity contribution in [3.63, 3.8) is 0 Å². The van der Waals surface area contributed by atoms with Gasteiger partial charge >= 0.3 is 0 Å². The summed E-state index contributed by atoms with van der Waals surface area (Å²) in [7, 11) is 1.91. The lowest BCUT2D eigenvalue weighted by molar-refractivity contribution is 0.756. The van der Waals surface area contributed by atoms with Crippen LogP contribution in [0.4, 0.5) is 0 Å². The third-order valence-corrected chi connectivity index (χ3v) is 2.31. The Morgan fingerprint density at radius 1 is 1.53 bits per heavy atom. The van der Waals surface area contributed by atoms with Gasteiger partial charge in [-0.1, -0.05) is 0 Å². The number of nitrogens with two attached hydrogens (primary N) is 1. The molecule has 0 radical (unpaired) electrons. The molecule has 0 aromatic carbocycles. The minimum Gasteiger partial charge on any atom is -0.342 e. The van der Waals surface area contributed by atoms with Gasteiger partial charge in [-0.2, -0.15) is 5.10 Å². The Morgan fingerprint density at radius 2 is 2.33 bits per heavy atom. The summed E-state index contributed by atoms with van der Waals surface area (Å²) in [6.07, 6.45) is 4.59. The second kappa shape index (κ2) is 3.86. The predicted molar refractivity (Wildman–Crippen MR) is 58.3 cm³/mol. The van der Waals surface area contributed by atoms with Gasteiger partial charge in [0.25, 0.3) is 0 Å². The Labute approximate surface area is 88.3 Å². The molecule has 80 valence electrons. The summed E-state index contributed by atoms with van der Waals surface area (Å²) in [5, 5.41) is 4.29. The van der Waals surface area contributed by atoms with Crippen LogP contribution in [0, 0.1) is 6.92 Å². The first-order chi connectivity index (χ1) is 7.20. The van der Waals surface area contributed by atoms with E-state index in [0.29, 0.717) is 6.54 Å². The molecule has 0 aliphatic carbocycles. The summed E-state index contributed by atoms with van der Waals surface area (Å²) in [5.74, 6) is 0.927. The van der Waals surface area contributed by atoms with Gasteiger partial charge in [-0.25, -0.2) is 4.98 Å². The summed E-state index contributed by atoms with van der Waals surface area (Å²) in [6.45, 7) is 2.59. The fourth-order valence-corrected chi connectivity index (χ4v) is 1.63. The maximum absolute atomic E-state index is 5.47. The van der Waals surface area contributed by atoms with Crippen molar-refractivity contribution in [2.75, 3.05) is 6.54 Å². The highest BCUT2D eigenvalue weighted by Crippen LogP contribution is 2.19. The van der Waals surface area contributed by atoms with Gasteiger partial charge in [0.05, 0.1) is 17.6 Å². The van der Waals surface area contributed by atoms with Crippen LogP contribution >= 0.6 is 0 Å². The number of nitrogens with zero attached hydrogens (tertiary/aromatic N) is 3. The quantitative estimate of drug-likeness (QED) is 0.771. The third-order valence-electron chi connectivity index (χ3n) is 2.31. The van der Waals surface area contributed by atoms with Crippen LogP contribution in [0.15, 0.2) is 12.4 Å². The molecule has 0 unspecified atom stereocenters. The molecule has 0 bridgehead atoms. The van der Waals surface area contributed by atoms with Gasteiger partial charge in [-0.3, -0.25) is 4.68 Å². The van der Waals surface area contributed by atoms with Gasteiger partial charge in [0.1, 0.15) is 5.82 Å². The fraction of sp³-hybridized carbons (Fsp3) is 0.400. The SMILES string of the molecule is Cc1nn(C)cc1-c1cnc(CCN)[nH]1. The van der Waals surface area contributed by atoms with E-state index in [4.69, 9.17) is 5.73 Å². The number of nitrogens with one attached hydrogen (secondary N) is 1. The summed E-state index contributed by atoms with van der Waals surface area (Å²) in [5.41, 5.74) is 8.56. The second-order valence-electron chi connectivity index (χ2n) is 3.58. The van der Waals surface area contributed by atoms with Gasteiger partial charge in [-0.15, -0.1) is 0 Å². The predicted octanol–water partition coefficient (Wildman–Crippen LogP) is 0.620. The Morgan fingerprint density at radius 3 is 2.93 bits per heavy atom. The number of aromatic nitrogens is 4. The third kappa shape index (κ3) is 1.92. The number of H-pyrrole nitrogens is 1. The van der Waals surface area contributed by atoms with E-state index in [9.17, 15) is 0 Å². The van der Waals surface area contributed by atoms with Crippen LogP contribution in [-0.2, 0) is 13.5 Å². The van der Waals surface area contributed by atoms with E-state index in [0.717, 1.165) is 29.2 Å². The molecule has 2 rings (SSSR count). The number of hydrogen-bond acceptors (Lipinski definition) is 3. The molecule has 0 fully saturated rings. The smallest absolute Gasteiger partial charge is 0.107 e. The first kappa shape index (κ1) is 9.92. The van der Waals surface area contributed by atoms with E-state index < -0.39 is 0 Å². The lowest BCUT2D eigenvalue weighted by Gasteiger charge is -1.93. The van der Waals surface area contributed by atoms with E-state index in [1.54, 1.807) is 4.68 Å². The van der Waals surface area contributed by atoms with Crippen LogP contribution < -0.4 is 5.73 Å². The largest absolute Gasteiger partial charge is 0.342 e. The van der Waals surface area contributed by atoms with Crippen molar-refractivity contribution in [1.82, 2.24) is 19.7 Å². The highest BCUT2D eigenvalue weighted by Gasteiger charge is 2.08. The molecule has 0 amide bonds. The Balaban J connectivity index is 2.32. The van der Waals surface area contributed by atoms with Crippen LogP contribution in [0.25, 0.3) is 11.3 Å². The molecule has 0 atom stereocenters. The van der Waals surface area contributed by atoms with Crippen LogP contribution in [-0.4, -0.2) is 26.3 Å². The second-order valence-corrected chi connectivity index (χ2v) is 3.58. The van der Waals surface area contributed by atoms with Gasteiger partial charge in [0.2, 0.25) is 0 Å². The van der Waals surface area contributed by atoms with Gasteiger partial charge in [0, 0.05) is 25.2 Å². The van der Waals surface area contributed by atoms with Crippen LogP contribution in [0.1, 0.15) is 11.5 Å². The maximum Gasteiger partial charge on any atom is 0.107 e. The van der Waals surface area contributed by atoms with Gasteiger partial charge in [0.15, 0.2) is 0 Å². The van der Waals surface area contributed by atoms with Crippen molar-refractivity contribution in [3.05, 3.63) is 23.9 Å². The van der Waals surface area contributed by atoms with Crippen LogP contribution in [0.5, 0.6) is 0 Å². The molecule has 0 spiro atoms. The molecule has 2 heterocycles. The molecular formula is C10H15N5. The number of rotatable bonds is 3. The van der Waals surface area contributed by atoms with Gasteiger partial charge in [-0.05, 0) is 13.5 Å². The van der Waals surface area contributed by atoms with Crippen LogP contribution in [0.2, 0.25) is 0 Å². The van der Waals surface area contributed by atoms with Crippen molar-refractivity contribution in [2.45, 2.75) is 13.3 Å². The van der Waals surface area contributed by atoms with Crippen molar-refractivity contribution in [2.24, 2.45) is 12.8 Å². The summed E-state index contributed by atoms with van der Waals surface area (Å²) < 4.78 is 1.80. The van der Waals surface area contributed by atoms with E-state index in [1.165, 1.54) is 0 Å². The topological polar surface area (TPSA) is 72.5 Å². The summed E-state index contributed by atoms with van der Waals surface area (Å²) in [4.78, 5) is 7.50. The standard InChI is InChI=1S/C10H15N5/c1-7-8(6-15(2)14-7)9-5-12-10(13-9)3-4-11/h5-6H,3-4,11H2,1-2H3,(H,12,13). The summed E-state index contributed by atoms with van der Waals surface area (Å²) in [6, 6.07) is 0. The zero-order valence-electron chi connectivity index (χ0n) is 8.99. The maximum atomic E-state index is 5.47. The lowest BCUT2D eigenvalue weighted by atomic mass is 10.2. The molecular weight excluding hydrogens is 190 g/mol. The zero-order chi connectivity index (χ0) is 10.8. The summed E-state index contributed by atoms with van der Waals surface area (Å²) >= 11 is 0. The molecule has 5 heteroatoms. The van der Waals surface area contributed by atoms with Crippen LogP contribution in [0.3, 0.4) is 0 Å². The zero-order valence-corrected chi connectivity index (χ0v) is 8.99. The molecule has 3 N–H and O–H groups in total. The van der Waals surface area contributed by atoms with E-state index in [2.05, 4.69) is 15.1 Å². The van der Waals surface area contributed by atoms with Crippen molar-refractivity contribution in [1.29, 1.82) is 0 Å². The van der Waals surface area contributed by atoms with Crippen molar-refractivity contribution < 1.29 is 0 Å². The number of aromatic amines is 1. The van der Waals surface area contributed by atoms with E-state index in [1.807, 2.05) is 26.4 Å². The van der Waals surface area contributed by atoms with E-state index >= 15 is 0 Å². The Kier molecular flexibility index (Phi) is 2.55. The lowest BCUT2D eigenvalue weighted by Crippen LogP contribution is -2.03. The average molecular weight is 205 g/mol. The molecule has 0 saturated carbocycles. The molecule has 0 aliphatic heterocycles. The Bertz CT molecular complexity index is 454. The Hall–Kier alpha value is -1.62. The minimum absolute atomic E-state index is 0.610. The van der Waals surface area contributed by atoms with Crippen molar-refractivity contribution in [3.8, 4) is 11.3 Å². The normalized spacial score (nSPS) is 10.9. The number of aryl methyl sites for hydroxylation is 2. The molecule has 15 heavy (non-hydrogen) atoms.